The molecule has 0 aliphatic carbocycles. The maximum Gasteiger partial charge on any atom is 0.195 e. The van der Waals surface area contributed by atoms with Crippen molar-refractivity contribution in [1.82, 2.24) is 9.80 Å². The summed E-state index contributed by atoms with van der Waals surface area (Å²) in [6.45, 7) is 4.74. The first-order chi connectivity index (χ1) is 5.13. The van der Waals surface area contributed by atoms with Crippen LogP contribution in [0.5, 0.6) is 0 Å². The highest BCUT2D eigenvalue weighted by atomic mass is 15.3. The highest BCUT2D eigenvalue weighted by Crippen LogP contribution is 1.92. The zero-order chi connectivity index (χ0) is 8.85. The smallest absolute Gasteiger partial charge is 0.195 e. The van der Waals surface area contributed by atoms with Gasteiger partial charge in [-0.1, -0.05) is 6.92 Å². The molecule has 0 saturated heterocycles. The molecule has 0 unspecified atom stereocenters. The van der Waals surface area contributed by atoms with E-state index in [0.29, 0.717) is 0 Å². The Morgan fingerprint density at radius 1 is 1.36 bits per heavy atom. The van der Waals surface area contributed by atoms with Crippen LogP contribution in [0.3, 0.4) is 0 Å². The Hall–Kier alpha value is -0.730. The van der Waals surface area contributed by atoms with E-state index in [1.165, 1.54) is 0 Å². The fourth-order valence-corrected chi connectivity index (χ4v) is 1.05. The highest BCUT2D eigenvalue weighted by molar-refractivity contribution is 5.79. The van der Waals surface area contributed by atoms with Gasteiger partial charge in [-0.25, -0.2) is 0 Å². The molecule has 0 aromatic rings. The molecule has 0 saturated carbocycles. The molecule has 3 heteroatoms. The summed E-state index contributed by atoms with van der Waals surface area (Å²) in [6, 6.07) is 0. The van der Waals surface area contributed by atoms with Gasteiger partial charge in [0.05, 0.1) is 0 Å². The summed E-state index contributed by atoms with van der Waals surface area (Å²) in [5.41, 5.74) is 0. The molecule has 0 heterocycles. The van der Waals surface area contributed by atoms with Crippen molar-refractivity contribution < 1.29 is 0 Å². The van der Waals surface area contributed by atoms with E-state index in [2.05, 4.69) is 16.8 Å². The Morgan fingerprint density at radius 3 is 2.18 bits per heavy atom. The van der Waals surface area contributed by atoms with Crippen LogP contribution < -0.4 is 0 Å². The standard InChI is InChI=1S/C8H18N3/c1-6-7-11(5)8(9-2)10(3)4/h1,6-7H2,2-5H3/b9-8+. The quantitative estimate of drug-likeness (QED) is 0.433. The molecule has 0 spiro atoms. The molecule has 11 heavy (non-hydrogen) atoms. The fourth-order valence-electron chi connectivity index (χ4n) is 1.05. The summed E-state index contributed by atoms with van der Waals surface area (Å²) in [5, 5.41) is 0. The predicted octanol–water partition coefficient (Wildman–Crippen LogP) is 0.690. The van der Waals surface area contributed by atoms with Gasteiger partial charge in [-0.3, -0.25) is 4.99 Å². The van der Waals surface area contributed by atoms with Crippen molar-refractivity contribution in [3.8, 4) is 0 Å². The fraction of sp³-hybridized carbons (Fsp3) is 0.750. The average molecular weight is 156 g/mol. The second-order valence-electron chi connectivity index (χ2n) is 2.69. The third-order valence-corrected chi connectivity index (χ3v) is 1.43. The Bertz CT molecular complexity index is 129. The molecule has 0 bridgehead atoms. The normalized spacial score (nSPS) is 11.5. The van der Waals surface area contributed by atoms with Gasteiger partial charge in [-0.15, -0.1) is 0 Å². The third kappa shape index (κ3) is 3.25. The maximum atomic E-state index is 4.15. The van der Waals surface area contributed by atoms with Crippen LogP contribution >= 0.6 is 0 Å². The van der Waals surface area contributed by atoms with Crippen LogP contribution in [0, 0.1) is 6.92 Å². The summed E-state index contributed by atoms with van der Waals surface area (Å²) in [5.74, 6) is 0.994. The second-order valence-corrected chi connectivity index (χ2v) is 2.69. The Morgan fingerprint density at radius 2 is 1.91 bits per heavy atom. The van der Waals surface area contributed by atoms with Crippen LogP contribution in [0.2, 0.25) is 0 Å². The van der Waals surface area contributed by atoms with E-state index in [1.807, 2.05) is 26.0 Å². The predicted molar refractivity (Wildman–Crippen MR) is 49.7 cm³/mol. The largest absolute Gasteiger partial charge is 0.349 e. The van der Waals surface area contributed by atoms with Crippen molar-refractivity contribution >= 4 is 5.96 Å². The Labute approximate surface area is 69.7 Å². The Kier molecular flexibility index (Phi) is 4.66. The molecule has 0 N–H and O–H groups in total. The Balaban J connectivity index is 4.04. The van der Waals surface area contributed by atoms with E-state index >= 15 is 0 Å². The van der Waals surface area contributed by atoms with E-state index < -0.39 is 0 Å². The topological polar surface area (TPSA) is 18.8 Å². The van der Waals surface area contributed by atoms with Gasteiger partial charge in [0.1, 0.15) is 0 Å². The molecular formula is C8H18N3. The van der Waals surface area contributed by atoms with Crippen LogP contribution in [0.15, 0.2) is 4.99 Å². The summed E-state index contributed by atoms with van der Waals surface area (Å²) in [6.07, 6.45) is 0.906. The lowest BCUT2D eigenvalue weighted by atomic mass is 10.4. The molecule has 0 amide bonds. The van der Waals surface area contributed by atoms with Gasteiger partial charge in [-0.05, 0) is 6.42 Å². The minimum absolute atomic E-state index is 0.906. The lowest BCUT2D eigenvalue weighted by Crippen LogP contribution is -2.38. The lowest BCUT2D eigenvalue weighted by molar-refractivity contribution is 0.428. The lowest BCUT2D eigenvalue weighted by Gasteiger charge is -2.25. The molecule has 0 aromatic carbocycles. The van der Waals surface area contributed by atoms with Crippen LogP contribution in [0.1, 0.15) is 6.42 Å². The molecule has 0 fully saturated rings. The van der Waals surface area contributed by atoms with Crippen LogP contribution in [0.25, 0.3) is 0 Å². The van der Waals surface area contributed by atoms with Crippen LogP contribution in [-0.2, 0) is 0 Å². The number of aliphatic imine (C=N–C) groups is 1. The molecular weight excluding hydrogens is 138 g/mol. The minimum Gasteiger partial charge on any atom is -0.349 e. The number of hydrogen-bond donors (Lipinski definition) is 0. The van der Waals surface area contributed by atoms with Gasteiger partial charge < -0.3 is 9.80 Å². The van der Waals surface area contributed by atoms with Crippen molar-refractivity contribution in [2.75, 3.05) is 34.7 Å². The molecule has 0 aliphatic rings. The van der Waals surface area contributed by atoms with E-state index in [-0.39, 0.29) is 0 Å². The van der Waals surface area contributed by atoms with Crippen LogP contribution in [-0.4, -0.2) is 50.5 Å². The highest BCUT2D eigenvalue weighted by Gasteiger charge is 2.04. The second kappa shape index (κ2) is 4.99. The first kappa shape index (κ1) is 10.3. The van der Waals surface area contributed by atoms with Gasteiger partial charge >= 0.3 is 0 Å². The van der Waals surface area contributed by atoms with Crippen molar-refractivity contribution in [2.45, 2.75) is 6.42 Å². The van der Waals surface area contributed by atoms with Crippen molar-refractivity contribution in [2.24, 2.45) is 4.99 Å². The molecule has 0 atom stereocenters. The van der Waals surface area contributed by atoms with Gasteiger partial charge in [0, 0.05) is 34.7 Å². The van der Waals surface area contributed by atoms with Crippen LogP contribution in [0.4, 0.5) is 0 Å². The third-order valence-electron chi connectivity index (χ3n) is 1.43. The van der Waals surface area contributed by atoms with E-state index in [1.54, 1.807) is 7.05 Å². The first-order valence-corrected chi connectivity index (χ1v) is 3.78. The van der Waals surface area contributed by atoms with Gasteiger partial charge in [0.15, 0.2) is 5.96 Å². The summed E-state index contributed by atoms with van der Waals surface area (Å²) in [4.78, 5) is 8.23. The van der Waals surface area contributed by atoms with E-state index in [4.69, 9.17) is 0 Å². The maximum absolute atomic E-state index is 4.15. The molecule has 65 valence electrons. The van der Waals surface area contributed by atoms with Gasteiger partial charge in [0.2, 0.25) is 0 Å². The van der Waals surface area contributed by atoms with Crippen molar-refractivity contribution in [1.29, 1.82) is 0 Å². The minimum atomic E-state index is 0.906. The molecule has 1 radical (unpaired) electrons. The average Bonchev–Trinajstić information content (AvgIpc) is 1.88. The first-order valence-electron chi connectivity index (χ1n) is 3.78. The molecule has 3 nitrogen and oxygen atoms in total. The van der Waals surface area contributed by atoms with E-state index in [0.717, 1.165) is 18.9 Å². The SMILES string of the molecule is [CH2]CCN(C)/C(=N/C)N(C)C. The number of rotatable bonds is 2. The molecule has 0 rings (SSSR count). The molecule has 0 aromatic heterocycles. The zero-order valence-electron chi connectivity index (χ0n) is 7.96. The summed E-state index contributed by atoms with van der Waals surface area (Å²) < 4.78 is 0. The van der Waals surface area contributed by atoms with Gasteiger partial charge in [-0.2, -0.15) is 0 Å². The molecule has 0 aliphatic heterocycles. The summed E-state index contributed by atoms with van der Waals surface area (Å²) >= 11 is 0. The number of guanidine groups is 1. The zero-order valence-corrected chi connectivity index (χ0v) is 7.96. The van der Waals surface area contributed by atoms with Crippen molar-refractivity contribution in [3.63, 3.8) is 0 Å². The van der Waals surface area contributed by atoms with Crippen molar-refractivity contribution in [3.05, 3.63) is 6.92 Å². The summed E-state index contributed by atoms with van der Waals surface area (Å²) in [7, 11) is 7.80. The van der Waals surface area contributed by atoms with Gasteiger partial charge in [0.25, 0.3) is 0 Å². The number of hydrogen-bond acceptors (Lipinski definition) is 1. The van der Waals surface area contributed by atoms with E-state index in [9.17, 15) is 0 Å². The monoisotopic (exact) mass is 156 g/mol. The number of nitrogens with zero attached hydrogens (tertiary/aromatic N) is 3.